The molecule has 0 spiro atoms. The first kappa shape index (κ1) is 68.0. The first-order valence-corrected chi connectivity index (χ1v) is 28.1. The Labute approximate surface area is 417 Å². The summed E-state index contributed by atoms with van der Waals surface area (Å²) in [5, 5.41) is 5.82. The number of ketones is 2. The summed E-state index contributed by atoms with van der Waals surface area (Å²) < 4.78 is 24.1. The van der Waals surface area contributed by atoms with E-state index in [0.717, 1.165) is 180 Å². The summed E-state index contributed by atoms with van der Waals surface area (Å²) in [6, 6.07) is 0. The van der Waals surface area contributed by atoms with E-state index in [1.54, 1.807) is 0 Å². The number of hydrogen-bond acceptors (Lipinski definition) is 12. The van der Waals surface area contributed by atoms with Crippen LogP contribution in [0, 0.1) is 0 Å². The Morgan fingerprint density at radius 3 is 0.794 bits per heavy atom. The molecule has 0 radical (unpaired) electrons. The summed E-state index contributed by atoms with van der Waals surface area (Å²) in [7, 11) is 0. The molecule has 2 amide bonds. The van der Waals surface area contributed by atoms with Crippen molar-refractivity contribution < 1.29 is 38.1 Å². The smallest absolute Gasteiger partial charge is 0.252 e. The van der Waals surface area contributed by atoms with Crippen molar-refractivity contribution >= 4 is 23.4 Å². The van der Waals surface area contributed by atoms with E-state index in [2.05, 4.69) is 24.5 Å². The lowest BCUT2D eigenvalue weighted by Crippen LogP contribution is -2.49. The van der Waals surface area contributed by atoms with Crippen LogP contribution in [-0.2, 0) is 38.1 Å². The molecule has 0 aromatic rings. The zero-order chi connectivity index (χ0) is 50.6. The summed E-state index contributed by atoms with van der Waals surface area (Å²) in [5.41, 5.74) is 22.2. The Hall–Kier alpha value is -2.04. The molecule has 0 aromatic heterocycles. The Balaban J connectivity index is 0. The highest BCUT2D eigenvalue weighted by molar-refractivity contribution is 5.93. The van der Waals surface area contributed by atoms with E-state index in [1.165, 1.54) is 38.5 Å². The number of unbranched alkanes of at least 4 members (excludes halogenated alkanes) is 22. The van der Waals surface area contributed by atoms with Crippen LogP contribution in [0.3, 0.4) is 0 Å². The maximum Gasteiger partial charge on any atom is 0.252 e. The Morgan fingerprint density at radius 2 is 0.559 bits per heavy atom. The second kappa shape index (κ2) is 54.3. The fourth-order valence-electron chi connectivity index (χ4n) is 7.64. The molecule has 68 heavy (non-hydrogen) atoms. The van der Waals surface area contributed by atoms with Crippen LogP contribution in [0.25, 0.3) is 0 Å². The lowest BCUT2D eigenvalue weighted by atomic mass is 10.0. The number of carbonyl (C=O) groups excluding carboxylic acids is 4. The van der Waals surface area contributed by atoms with Crippen LogP contribution >= 0.6 is 0 Å². The molecule has 0 saturated heterocycles. The third kappa shape index (κ3) is 41.7. The average Bonchev–Trinajstić information content (AvgIpc) is 3.34. The van der Waals surface area contributed by atoms with E-state index < -0.39 is 24.4 Å². The van der Waals surface area contributed by atoms with Crippen LogP contribution < -0.4 is 33.6 Å². The van der Waals surface area contributed by atoms with Gasteiger partial charge in [-0.05, 0) is 103 Å². The summed E-state index contributed by atoms with van der Waals surface area (Å²) in [6.45, 7) is 14.1. The van der Waals surface area contributed by atoms with Crippen molar-refractivity contribution in [3.05, 3.63) is 0 Å². The Kier molecular flexibility index (Phi) is 54.3. The predicted octanol–water partition coefficient (Wildman–Crippen LogP) is 9.28. The molecule has 0 bridgehead atoms. The molecule has 404 valence electrons. The number of amides is 2. The van der Waals surface area contributed by atoms with Crippen molar-refractivity contribution in [2.24, 2.45) is 22.9 Å². The number of Topliss-reactive ketones (excluding diaryl/α,β-unsaturated/α-hetero) is 2. The molecule has 0 aromatic carbocycles. The molecular formula is C54H110N6O8. The second-order valence-corrected chi connectivity index (χ2v) is 18.5. The molecule has 0 aliphatic rings. The van der Waals surface area contributed by atoms with Gasteiger partial charge in [0.25, 0.3) is 11.8 Å². The van der Waals surface area contributed by atoms with Crippen LogP contribution in [0.5, 0.6) is 0 Å². The highest BCUT2D eigenvalue weighted by Crippen LogP contribution is 2.17. The number of carbonyl (C=O) groups is 4. The molecule has 0 unspecified atom stereocenters. The van der Waals surface area contributed by atoms with E-state index in [9.17, 15) is 19.2 Å². The van der Waals surface area contributed by atoms with Gasteiger partial charge < -0.3 is 52.5 Å². The number of nitrogens with one attached hydrogen (secondary N) is 2. The van der Waals surface area contributed by atoms with E-state index in [1.807, 2.05) is 13.8 Å². The van der Waals surface area contributed by atoms with Crippen LogP contribution in [0.2, 0.25) is 0 Å². The number of hydrogen-bond donors (Lipinski definition) is 6. The third-order valence-electron chi connectivity index (χ3n) is 11.9. The summed E-state index contributed by atoms with van der Waals surface area (Å²) in [4.78, 5) is 51.8. The minimum absolute atomic E-state index is 0.0183. The van der Waals surface area contributed by atoms with Gasteiger partial charge in [0, 0.05) is 52.4 Å². The highest BCUT2D eigenvalue weighted by atomic mass is 16.6. The van der Waals surface area contributed by atoms with Gasteiger partial charge in [-0.25, -0.2) is 0 Å². The second-order valence-electron chi connectivity index (χ2n) is 18.5. The van der Waals surface area contributed by atoms with Crippen molar-refractivity contribution in [3.63, 3.8) is 0 Å². The topological polar surface area (TPSA) is 233 Å². The zero-order valence-corrected chi connectivity index (χ0v) is 44.6. The van der Waals surface area contributed by atoms with Crippen LogP contribution in [0.4, 0.5) is 0 Å². The zero-order valence-electron chi connectivity index (χ0n) is 44.6. The average molecular weight is 972 g/mol. The van der Waals surface area contributed by atoms with Gasteiger partial charge in [-0.2, -0.15) is 0 Å². The predicted molar refractivity (Wildman–Crippen MR) is 282 cm³/mol. The first-order valence-electron chi connectivity index (χ1n) is 28.1. The van der Waals surface area contributed by atoms with Gasteiger partial charge in [0.05, 0.1) is 0 Å². The molecule has 0 fully saturated rings. The van der Waals surface area contributed by atoms with E-state index in [-0.39, 0.29) is 23.4 Å². The van der Waals surface area contributed by atoms with Gasteiger partial charge in [0.15, 0.2) is 36.0 Å². The molecule has 0 heterocycles. The molecule has 0 rings (SSSR count). The monoisotopic (exact) mass is 971 g/mol. The van der Waals surface area contributed by atoms with Crippen molar-refractivity contribution in [2.75, 3.05) is 65.7 Å². The van der Waals surface area contributed by atoms with E-state index >= 15 is 0 Å². The molecule has 0 saturated carbocycles. The van der Waals surface area contributed by atoms with Crippen LogP contribution in [-0.4, -0.2) is 113 Å². The molecule has 14 nitrogen and oxygen atoms in total. The molecule has 0 aliphatic carbocycles. The normalized spacial score (nSPS) is 13.1. The van der Waals surface area contributed by atoms with Crippen LogP contribution in [0.1, 0.15) is 233 Å². The van der Waals surface area contributed by atoms with Gasteiger partial charge in [0.2, 0.25) is 0 Å². The van der Waals surface area contributed by atoms with Crippen molar-refractivity contribution in [1.82, 2.24) is 10.6 Å². The molecule has 4 atom stereocenters. The first-order chi connectivity index (χ1) is 33.2. The standard InChI is InChI=1S/C29H59N3O4.C25H51N3O4/c1-3-5-20-26(33)27(35-24-18-14-10-6-8-12-16-21-30)28(29(34)32-23-4-2)36-25-19-15-11-7-9-13-17-22-31;1-3-5-16-22(29)23(31-20-14-10-6-8-12-17-26)24(25(30)28-19-4-2)32-21-15-11-7-9-13-18-27/h27-28H,3-25,30-31H2,1-2H3,(H,32,34);23-24H,3-21,26-27H2,1-2H3,(H,28,30)/t27-,28+;23-,24+/m00/s1. The third-order valence-corrected chi connectivity index (χ3v) is 11.9. The summed E-state index contributed by atoms with van der Waals surface area (Å²) in [5.74, 6) is -0.522. The summed E-state index contributed by atoms with van der Waals surface area (Å²) in [6.07, 6.45) is 28.5. The van der Waals surface area contributed by atoms with Gasteiger partial charge in [-0.15, -0.1) is 0 Å². The minimum atomic E-state index is -0.882. The highest BCUT2D eigenvalue weighted by Gasteiger charge is 2.36. The van der Waals surface area contributed by atoms with E-state index in [0.29, 0.717) is 52.4 Å². The molecule has 0 aliphatic heterocycles. The number of nitrogens with two attached hydrogens (primary N) is 4. The number of ether oxygens (including phenoxy) is 4. The van der Waals surface area contributed by atoms with Gasteiger partial charge in [0.1, 0.15) is 0 Å². The van der Waals surface area contributed by atoms with Crippen LogP contribution in [0.15, 0.2) is 0 Å². The Morgan fingerprint density at radius 1 is 0.324 bits per heavy atom. The molecular weight excluding hydrogens is 861 g/mol. The molecule has 10 N–H and O–H groups in total. The Bertz CT molecular complexity index is 1040. The minimum Gasteiger partial charge on any atom is -0.367 e. The van der Waals surface area contributed by atoms with Crippen molar-refractivity contribution in [3.8, 4) is 0 Å². The summed E-state index contributed by atoms with van der Waals surface area (Å²) >= 11 is 0. The maximum atomic E-state index is 13.0. The van der Waals surface area contributed by atoms with Gasteiger partial charge >= 0.3 is 0 Å². The van der Waals surface area contributed by atoms with E-state index in [4.69, 9.17) is 41.9 Å². The fraction of sp³-hybridized carbons (Fsp3) is 0.926. The lowest BCUT2D eigenvalue weighted by Gasteiger charge is -2.26. The van der Waals surface area contributed by atoms with Crippen molar-refractivity contribution in [2.45, 2.75) is 258 Å². The van der Waals surface area contributed by atoms with Crippen molar-refractivity contribution in [1.29, 1.82) is 0 Å². The largest absolute Gasteiger partial charge is 0.367 e. The van der Waals surface area contributed by atoms with Gasteiger partial charge in [-0.3, -0.25) is 19.2 Å². The molecule has 14 heteroatoms. The lowest BCUT2D eigenvalue weighted by molar-refractivity contribution is -0.156. The fourth-order valence-corrected chi connectivity index (χ4v) is 7.64. The van der Waals surface area contributed by atoms with Gasteiger partial charge in [-0.1, -0.05) is 143 Å². The SMILES string of the molecule is CCCCC(=O)[C@H](OCCCCCCCCCN)[C@@H](OCCCCCCCCCN)C(=O)NCCC.CCCCC(=O)[C@H](OCCCCCCCN)[C@@H](OCCCCCCCN)C(=O)NCCC. The number of rotatable bonds is 52. The maximum absolute atomic E-state index is 13.0. The quantitative estimate of drug-likeness (QED) is 0.0313.